The topological polar surface area (TPSA) is 64.5 Å². The van der Waals surface area contributed by atoms with E-state index in [1.54, 1.807) is 24.3 Å². The molecule has 0 saturated heterocycles. The average Bonchev–Trinajstić information content (AvgIpc) is 2.54. The maximum Gasteiger partial charge on any atom is 0.115 e. The van der Waals surface area contributed by atoms with Crippen molar-refractivity contribution in [3.05, 3.63) is 72.8 Å². The van der Waals surface area contributed by atoms with Gasteiger partial charge in [-0.3, -0.25) is 0 Å². The van der Waals surface area contributed by atoms with Crippen molar-refractivity contribution >= 4 is 22.7 Å². The summed E-state index contributed by atoms with van der Waals surface area (Å²) in [7, 11) is 0. The molecule has 3 rings (SSSR count). The van der Waals surface area contributed by atoms with Crippen LogP contribution in [0.25, 0.3) is 0 Å². The summed E-state index contributed by atoms with van der Waals surface area (Å²) in [5.74, 6) is 0.498. The fraction of sp³-hybridized carbons (Fsp3) is 0. The zero-order valence-electron chi connectivity index (χ0n) is 11.8. The Morgan fingerprint density at radius 2 is 0.636 bits per heavy atom. The molecule has 0 unspecified atom stereocenters. The van der Waals surface area contributed by atoms with Gasteiger partial charge in [0, 0.05) is 22.7 Å². The maximum atomic E-state index is 9.26. The summed E-state index contributed by atoms with van der Waals surface area (Å²) in [5.41, 5.74) is 3.75. The number of benzene rings is 3. The standard InChI is InChI=1S/C18H16N2O2/c21-17-9-5-15(6-10-17)19-13-1-2-14(4-3-13)20-16-7-11-18(22)12-8-16/h1-12,19-22H. The van der Waals surface area contributed by atoms with Gasteiger partial charge in [-0.05, 0) is 72.8 Å². The van der Waals surface area contributed by atoms with Gasteiger partial charge >= 0.3 is 0 Å². The van der Waals surface area contributed by atoms with E-state index >= 15 is 0 Å². The van der Waals surface area contributed by atoms with E-state index in [1.807, 2.05) is 48.5 Å². The van der Waals surface area contributed by atoms with Crippen molar-refractivity contribution in [1.82, 2.24) is 0 Å². The van der Waals surface area contributed by atoms with Crippen molar-refractivity contribution in [2.45, 2.75) is 0 Å². The molecule has 4 nitrogen and oxygen atoms in total. The van der Waals surface area contributed by atoms with Crippen molar-refractivity contribution in [3.63, 3.8) is 0 Å². The van der Waals surface area contributed by atoms with Crippen molar-refractivity contribution in [2.75, 3.05) is 10.6 Å². The van der Waals surface area contributed by atoms with Crippen LogP contribution in [0.3, 0.4) is 0 Å². The van der Waals surface area contributed by atoms with E-state index in [0.29, 0.717) is 0 Å². The van der Waals surface area contributed by atoms with E-state index in [-0.39, 0.29) is 11.5 Å². The maximum absolute atomic E-state index is 9.26. The van der Waals surface area contributed by atoms with Crippen LogP contribution in [0.15, 0.2) is 72.8 Å². The molecule has 0 bridgehead atoms. The van der Waals surface area contributed by atoms with Crippen molar-refractivity contribution in [2.24, 2.45) is 0 Å². The molecular formula is C18H16N2O2. The van der Waals surface area contributed by atoms with E-state index in [1.165, 1.54) is 0 Å². The fourth-order valence-corrected chi connectivity index (χ4v) is 2.06. The van der Waals surface area contributed by atoms with Crippen LogP contribution in [0.4, 0.5) is 22.7 Å². The second-order valence-corrected chi connectivity index (χ2v) is 4.92. The zero-order valence-corrected chi connectivity index (χ0v) is 11.8. The highest BCUT2D eigenvalue weighted by Gasteiger charge is 1.98. The summed E-state index contributed by atoms with van der Waals surface area (Å²) in [6.45, 7) is 0. The molecule has 0 aromatic heterocycles. The molecule has 0 fully saturated rings. The number of rotatable bonds is 4. The highest BCUT2D eigenvalue weighted by molar-refractivity contribution is 5.66. The van der Waals surface area contributed by atoms with Gasteiger partial charge in [0.2, 0.25) is 0 Å². The first-order valence-electron chi connectivity index (χ1n) is 6.91. The van der Waals surface area contributed by atoms with Gasteiger partial charge in [-0.2, -0.15) is 0 Å². The number of nitrogens with one attached hydrogen (secondary N) is 2. The normalized spacial score (nSPS) is 10.2. The monoisotopic (exact) mass is 292 g/mol. The highest BCUT2D eigenvalue weighted by Crippen LogP contribution is 2.23. The molecule has 0 spiro atoms. The van der Waals surface area contributed by atoms with Gasteiger partial charge in [0.25, 0.3) is 0 Å². The lowest BCUT2D eigenvalue weighted by Gasteiger charge is -2.09. The van der Waals surface area contributed by atoms with Gasteiger partial charge in [0.1, 0.15) is 11.5 Å². The van der Waals surface area contributed by atoms with Crippen LogP contribution in [0.2, 0.25) is 0 Å². The minimum absolute atomic E-state index is 0.249. The van der Waals surface area contributed by atoms with E-state index in [0.717, 1.165) is 22.7 Å². The molecule has 0 aliphatic heterocycles. The average molecular weight is 292 g/mol. The Hall–Kier alpha value is -3.14. The molecule has 0 heterocycles. The van der Waals surface area contributed by atoms with Crippen LogP contribution in [0.5, 0.6) is 11.5 Å². The SMILES string of the molecule is Oc1ccc(Nc2ccc(Nc3ccc(O)cc3)cc2)cc1. The largest absolute Gasteiger partial charge is 0.508 e. The lowest BCUT2D eigenvalue weighted by atomic mass is 10.2. The highest BCUT2D eigenvalue weighted by atomic mass is 16.3. The van der Waals surface area contributed by atoms with Crippen molar-refractivity contribution in [1.29, 1.82) is 0 Å². The van der Waals surface area contributed by atoms with Crippen LogP contribution in [0.1, 0.15) is 0 Å². The first-order valence-corrected chi connectivity index (χ1v) is 6.91. The lowest BCUT2D eigenvalue weighted by molar-refractivity contribution is 0.475. The first kappa shape index (κ1) is 13.8. The molecule has 3 aromatic carbocycles. The second-order valence-electron chi connectivity index (χ2n) is 4.92. The molecule has 3 aromatic rings. The quantitative estimate of drug-likeness (QED) is 0.531. The van der Waals surface area contributed by atoms with E-state index < -0.39 is 0 Å². The summed E-state index contributed by atoms with van der Waals surface area (Å²) in [5, 5.41) is 25.0. The van der Waals surface area contributed by atoms with Gasteiger partial charge < -0.3 is 20.8 Å². The minimum Gasteiger partial charge on any atom is -0.508 e. The third-order valence-corrected chi connectivity index (χ3v) is 3.20. The smallest absolute Gasteiger partial charge is 0.115 e. The summed E-state index contributed by atoms with van der Waals surface area (Å²) in [4.78, 5) is 0. The molecule has 110 valence electrons. The first-order chi connectivity index (χ1) is 10.7. The van der Waals surface area contributed by atoms with E-state index in [4.69, 9.17) is 0 Å². The number of phenolic OH excluding ortho intramolecular Hbond substituents is 2. The van der Waals surface area contributed by atoms with Gasteiger partial charge in [0.15, 0.2) is 0 Å². The van der Waals surface area contributed by atoms with Crippen molar-refractivity contribution < 1.29 is 10.2 Å². The summed E-state index contributed by atoms with van der Waals surface area (Å²) in [6.07, 6.45) is 0. The summed E-state index contributed by atoms with van der Waals surface area (Å²) >= 11 is 0. The number of hydrogen-bond acceptors (Lipinski definition) is 4. The fourth-order valence-electron chi connectivity index (χ4n) is 2.06. The number of phenols is 2. The Morgan fingerprint density at radius 1 is 0.409 bits per heavy atom. The van der Waals surface area contributed by atoms with Gasteiger partial charge in [-0.25, -0.2) is 0 Å². The van der Waals surface area contributed by atoms with E-state index in [2.05, 4.69) is 10.6 Å². The Kier molecular flexibility index (Phi) is 3.83. The molecule has 0 radical (unpaired) electrons. The van der Waals surface area contributed by atoms with Crippen LogP contribution >= 0.6 is 0 Å². The molecule has 0 amide bonds. The Balaban J connectivity index is 1.67. The molecular weight excluding hydrogens is 276 g/mol. The molecule has 0 saturated carbocycles. The van der Waals surface area contributed by atoms with Crippen LogP contribution in [-0.2, 0) is 0 Å². The van der Waals surface area contributed by atoms with Gasteiger partial charge in [-0.15, -0.1) is 0 Å². The molecule has 4 N–H and O–H groups in total. The Labute approximate surface area is 128 Å². The van der Waals surface area contributed by atoms with Gasteiger partial charge in [0.05, 0.1) is 0 Å². The third-order valence-electron chi connectivity index (χ3n) is 3.20. The zero-order chi connectivity index (χ0) is 15.4. The predicted molar refractivity (Wildman–Crippen MR) is 89.2 cm³/mol. The van der Waals surface area contributed by atoms with Crippen LogP contribution in [-0.4, -0.2) is 10.2 Å². The van der Waals surface area contributed by atoms with Gasteiger partial charge in [-0.1, -0.05) is 0 Å². The lowest BCUT2D eigenvalue weighted by Crippen LogP contribution is -1.92. The number of aromatic hydroxyl groups is 2. The predicted octanol–water partition coefficient (Wildman–Crippen LogP) is 4.59. The number of hydrogen-bond donors (Lipinski definition) is 4. The Morgan fingerprint density at radius 3 is 0.909 bits per heavy atom. The summed E-state index contributed by atoms with van der Waals surface area (Å²) in [6, 6.07) is 21.7. The van der Waals surface area contributed by atoms with Crippen molar-refractivity contribution in [3.8, 4) is 11.5 Å². The van der Waals surface area contributed by atoms with Crippen LogP contribution in [0, 0.1) is 0 Å². The van der Waals surface area contributed by atoms with E-state index in [9.17, 15) is 10.2 Å². The Bertz CT molecular complexity index is 669. The molecule has 0 aliphatic rings. The molecule has 0 aliphatic carbocycles. The molecule has 4 heteroatoms. The third kappa shape index (κ3) is 3.49. The second kappa shape index (κ2) is 6.10. The summed E-state index contributed by atoms with van der Waals surface area (Å²) < 4.78 is 0. The minimum atomic E-state index is 0.249. The van der Waals surface area contributed by atoms with Crippen LogP contribution < -0.4 is 10.6 Å². The molecule has 0 atom stereocenters. The number of anilines is 4. The molecule has 22 heavy (non-hydrogen) atoms.